The lowest BCUT2D eigenvalue weighted by Crippen LogP contribution is -2.33. The van der Waals surface area contributed by atoms with Gasteiger partial charge in [0.2, 0.25) is 0 Å². The quantitative estimate of drug-likeness (QED) is 0.670. The first kappa shape index (κ1) is 43.0. The molecular formula is C14H40N2O3. The number of rotatable bonds is 7. The molecule has 0 saturated heterocycles. The predicted molar refractivity (Wildman–Crippen MR) is 89.0 cm³/mol. The molecule has 124 valence electrons. The lowest BCUT2D eigenvalue weighted by atomic mass is 10.0. The molecule has 0 aromatic rings. The molecule has 3 N–H and O–H groups in total. The minimum absolute atomic E-state index is 0. The fourth-order valence-electron chi connectivity index (χ4n) is 1.08. The van der Waals surface area contributed by atoms with Crippen molar-refractivity contribution in [3.63, 3.8) is 0 Å². The Bertz CT molecular complexity index is 186. The van der Waals surface area contributed by atoms with Gasteiger partial charge in [-0.2, -0.15) is 0 Å². The average Bonchev–Trinajstić information content (AvgIpc) is 2.03. The molecule has 0 heterocycles. The summed E-state index contributed by atoms with van der Waals surface area (Å²) in [6.07, 6.45) is -0.110. The van der Waals surface area contributed by atoms with E-state index >= 15 is 0 Å². The second kappa shape index (κ2) is 25.8. The Morgan fingerprint density at radius 2 is 1.37 bits per heavy atom. The molecule has 0 bridgehead atoms. The van der Waals surface area contributed by atoms with E-state index in [4.69, 9.17) is 5.11 Å². The number of nitrogens with one attached hydrogen (secondary N) is 2. The van der Waals surface area contributed by atoms with E-state index in [1.165, 1.54) is 0 Å². The van der Waals surface area contributed by atoms with Crippen molar-refractivity contribution in [3.8, 4) is 0 Å². The van der Waals surface area contributed by atoms with Gasteiger partial charge < -0.3 is 15.7 Å². The van der Waals surface area contributed by atoms with Gasteiger partial charge in [-0.25, -0.2) is 0 Å². The second-order valence-corrected chi connectivity index (χ2v) is 2.85. The molecule has 0 spiro atoms. The summed E-state index contributed by atoms with van der Waals surface area (Å²) in [5, 5.41) is 14.0. The normalized spacial score (nSPS) is 8.53. The number of Topliss-reactive ketones (excluding diaryl/α,β-unsaturated/α-hetero) is 1. The Kier molecular flexibility index (Phi) is 58.3. The van der Waals surface area contributed by atoms with E-state index in [1.807, 2.05) is 0 Å². The average molecular weight is 284 g/mol. The molecule has 0 saturated carbocycles. The maximum Gasteiger partial charge on any atom is 0.304 e. The maximum atomic E-state index is 11.3. The van der Waals surface area contributed by atoms with Crippen LogP contribution in [0.4, 0.5) is 0 Å². The number of carboxylic acids is 1. The summed E-state index contributed by atoms with van der Waals surface area (Å²) in [6.45, 7) is 0.631. The van der Waals surface area contributed by atoms with Gasteiger partial charge in [0.25, 0.3) is 0 Å². The van der Waals surface area contributed by atoms with Crippen LogP contribution in [0.15, 0.2) is 0 Å². The fraction of sp³-hybridized carbons (Fsp3) is 0.857. The molecule has 1 unspecified atom stereocenters. The number of carboxylic acid groups (broad SMARTS) is 1. The number of hydrogen-bond acceptors (Lipinski definition) is 4. The van der Waals surface area contributed by atoms with E-state index < -0.39 is 11.9 Å². The van der Waals surface area contributed by atoms with E-state index in [0.717, 1.165) is 0 Å². The Hall–Kier alpha value is -0.940. The van der Waals surface area contributed by atoms with Crippen LogP contribution in [-0.2, 0) is 9.59 Å². The molecule has 0 aliphatic rings. The van der Waals surface area contributed by atoms with Crippen LogP contribution in [0.1, 0.15) is 51.0 Å². The molecule has 0 aromatic carbocycles. The summed E-state index contributed by atoms with van der Waals surface area (Å²) in [7, 11) is 3.36. The number of carbonyl (C=O) groups is 2. The smallest absolute Gasteiger partial charge is 0.304 e. The van der Waals surface area contributed by atoms with Crippen LogP contribution in [0.3, 0.4) is 0 Å². The Morgan fingerprint density at radius 3 is 1.63 bits per heavy atom. The highest BCUT2D eigenvalue weighted by Gasteiger charge is 2.19. The molecule has 5 nitrogen and oxygen atoms in total. The monoisotopic (exact) mass is 284 g/mol. The fourth-order valence-corrected chi connectivity index (χ4v) is 1.08. The second-order valence-electron chi connectivity index (χ2n) is 2.85. The van der Waals surface area contributed by atoms with Crippen LogP contribution in [0, 0.1) is 5.92 Å². The maximum absolute atomic E-state index is 11.3. The Balaban J connectivity index is -0.0000000480. The predicted octanol–water partition coefficient (Wildman–Crippen LogP) is 2.90. The first-order valence-electron chi connectivity index (χ1n) is 4.15. The summed E-state index contributed by atoms with van der Waals surface area (Å²) in [4.78, 5) is 21.7. The van der Waals surface area contributed by atoms with Crippen molar-refractivity contribution in [2.45, 2.75) is 51.0 Å². The van der Waals surface area contributed by atoms with Gasteiger partial charge in [0.1, 0.15) is 0 Å². The molecule has 0 aromatic heterocycles. The third-order valence-corrected chi connectivity index (χ3v) is 1.68. The Labute approximate surface area is 122 Å². The van der Waals surface area contributed by atoms with E-state index in [-0.39, 0.29) is 63.3 Å². The van der Waals surface area contributed by atoms with Crippen molar-refractivity contribution < 1.29 is 14.7 Å². The topological polar surface area (TPSA) is 78.4 Å². The zero-order valence-corrected chi connectivity index (χ0v) is 7.96. The van der Waals surface area contributed by atoms with Crippen LogP contribution >= 0.6 is 0 Å². The van der Waals surface area contributed by atoms with Gasteiger partial charge in [0.15, 0.2) is 5.78 Å². The molecule has 5 heteroatoms. The minimum Gasteiger partial charge on any atom is -0.481 e. The van der Waals surface area contributed by atoms with E-state index in [1.54, 1.807) is 14.1 Å². The summed E-state index contributed by atoms with van der Waals surface area (Å²) in [5.74, 6) is -1.45. The standard InChI is InChI=1S/C8H16N2O3.6CH4/c1-9-4-6(3-8(12)13)7(11)5-10-2;;;;;;/h6,9-10H,3-5H2,1-2H3,(H,12,13);6*1H4. The van der Waals surface area contributed by atoms with Gasteiger partial charge in [-0.3, -0.25) is 9.59 Å². The first-order chi connectivity index (χ1) is 6.11. The van der Waals surface area contributed by atoms with Crippen LogP contribution in [0.25, 0.3) is 0 Å². The summed E-state index contributed by atoms with van der Waals surface area (Å²) >= 11 is 0. The van der Waals surface area contributed by atoms with Crippen molar-refractivity contribution in [3.05, 3.63) is 0 Å². The van der Waals surface area contributed by atoms with Crippen LogP contribution < -0.4 is 10.6 Å². The lowest BCUT2D eigenvalue weighted by molar-refractivity contribution is -0.140. The molecule has 19 heavy (non-hydrogen) atoms. The molecule has 0 fully saturated rings. The van der Waals surface area contributed by atoms with Crippen molar-refractivity contribution in [1.82, 2.24) is 10.6 Å². The highest BCUT2D eigenvalue weighted by Crippen LogP contribution is 2.02. The van der Waals surface area contributed by atoms with Gasteiger partial charge in [0, 0.05) is 12.5 Å². The van der Waals surface area contributed by atoms with Crippen LogP contribution in [0.2, 0.25) is 0 Å². The van der Waals surface area contributed by atoms with Gasteiger partial charge in [-0.1, -0.05) is 44.6 Å². The van der Waals surface area contributed by atoms with E-state index in [9.17, 15) is 9.59 Å². The first-order valence-corrected chi connectivity index (χ1v) is 4.15. The zero-order chi connectivity index (χ0) is 10.3. The summed E-state index contributed by atoms with van der Waals surface area (Å²) in [6, 6.07) is 0. The van der Waals surface area contributed by atoms with Gasteiger partial charge in [-0.05, 0) is 14.1 Å². The van der Waals surface area contributed by atoms with Crippen molar-refractivity contribution >= 4 is 11.8 Å². The number of carbonyl (C=O) groups excluding carboxylic acids is 1. The SMILES string of the molecule is C.C.C.C.C.C.CNCC(=O)C(CNC)CC(=O)O. The summed E-state index contributed by atoms with van der Waals surface area (Å²) in [5.41, 5.74) is 0. The highest BCUT2D eigenvalue weighted by atomic mass is 16.4. The number of ketones is 1. The number of likely N-dealkylation sites (N-methyl/N-ethyl adjacent to an activating group) is 1. The lowest BCUT2D eigenvalue weighted by Gasteiger charge is -2.12. The molecule has 0 aliphatic heterocycles. The number of hydrogen-bond donors (Lipinski definition) is 3. The van der Waals surface area contributed by atoms with E-state index in [2.05, 4.69) is 10.6 Å². The van der Waals surface area contributed by atoms with Gasteiger partial charge >= 0.3 is 5.97 Å². The van der Waals surface area contributed by atoms with E-state index in [0.29, 0.717) is 6.54 Å². The van der Waals surface area contributed by atoms with Gasteiger partial charge in [-0.15, -0.1) is 0 Å². The molecule has 0 amide bonds. The molecular weight excluding hydrogens is 244 g/mol. The van der Waals surface area contributed by atoms with Crippen molar-refractivity contribution in [1.29, 1.82) is 0 Å². The summed E-state index contributed by atoms with van der Waals surface area (Å²) < 4.78 is 0. The van der Waals surface area contributed by atoms with Crippen molar-refractivity contribution in [2.24, 2.45) is 5.92 Å². The Morgan fingerprint density at radius 1 is 0.947 bits per heavy atom. The van der Waals surface area contributed by atoms with Crippen LogP contribution in [0.5, 0.6) is 0 Å². The third kappa shape index (κ3) is 22.7. The van der Waals surface area contributed by atoms with Gasteiger partial charge in [0.05, 0.1) is 13.0 Å². The molecule has 0 aliphatic carbocycles. The largest absolute Gasteiger partial charge is 0.481 e. The zero-order valence-electron chi connectivity index (χ0n) is 7.96. The molecule has 0 rings (SSSR count). The molecule has 1 atom stereocenters. The van der Waals surface area contributed by atoms with Crippen molar-refractivity contribution in [2.75, 3.05) is 27.2 Å². The highest BCUT2D eigenvalue weighted by molar-refractivity contribution is 5.86. The molecule has 0 radical (unpaired) electrons. The minimum atomic E-state index is -0.940. The number of aliphatic carboxylic acids is 1. The third-order valence-electron chi connectivity index (χ3n) is 1.68. The van der Waals surface area contributed by atoms with Crippen LogP contribution in [-0.4, -0.2) is 44.0 Å².